The monoisotopic (exact) mass is 299 g/mol. The zero-order valence-electron chi connectivity index (χ0n) is 13.2. The molecule has 0 unspecified atom stereocenters. The van der Waals surface area contributed by atoms with Crippen molar-refractivity contribution in [3.63, 3.8) is 0 Å². The number of rotatable bonds is 8. The molecule has 0 aromatic heterocycles. The normalized spacial score (nSPS) is 25.3. The van der Waals surface area contributed by atoms with E-state index in [-0.39, 0.29) is 6.03 Å². The quantitative estimate of drug-likeness (QED) is 0.514. The molecule has 0 atom stereocenters. The van der Waals surface area contributed by atoms with E-state index < -0.39 is 11.5 Å². The summed E-state index contributed by atoms with van der Waals surface area (Å²) in [5, 5.41) is 18.1. The standard InChI is InChI=1S/C15H29N3O3/c1-3-12-6-8-15(9-7-12,13(19)20)18-14(21)17-11-5-10-16-4-2/h12,16H,3-11H2,1-2H3,(H,19,20)(H2,17,18,21). The van der Waals surface area contributed by atoms with Crippen LogP contribution in [0.4, 0.5) is 4.79 Å². The molecule has 0 saturated heterocycles. The Kier molecular flexibility index (Phi) is 7.50. The van der Waals surface area contributed by atoms with Crippen LogP contribution in [0.1, 0.15) is 52.4 Å². The topological polar surface area (TPSA) is 90.5 Å². The van der Waals surface area contributed by atoms with Gasteiger partial charge in [-0.15, -0.1) is 0 Å². The first-order valence-corrected chi connectivity index (χ1v) is 8.04. The molecule has 1 aliphatic rings. The number of amides is 2. The Morgan fingerprint density at radius 3 is 2.38 bits per heavy atom. The summed E-state index contributed by atoms with van der Waals surface area (Å²) in [6.07, 6.45) is 4.68. The molecule has 6 nitrogen and oxygen atoms in total. The van der Waals surface area contributed by atoms with E-state index in [1.807, 2.05) is 6.92 Å². The highest BCUT2D eigenvalue weighted by Gasteiger charge is 2.42. The highest BCUT2D eigenvalue weighted by atomic mass is 16.4. The first-order chi connectivity index (χ1) is 10.0. The fourth-order valence-corrected chi connectivity index (χ4v) is 2.82. The van der Waals surface area contributed by atoms with Crippen molar-refractivity contribution < 1.29 is 14.7 Å². The van der Waals surface area contributed by atoms with Gasteiger partial charge in [-0.05, 0) is 51.1 Å². The fraction of sp³-hybridized carbons (Fsp3) is 0.867. The number of aliphatic carboxylic acids is 1. The van der Waals surface area contributed by atoms with E-state index >= 15 is 0 Å². The average Bonchev–Trinajstić information content (AvgIpc) is 2.47. The second-order valence-electron chi connectivity index (χ2n) is 5.83. The first-order valence-electron chi connectivity index (χ1n) is 8.04. The van der Waals surface area contributed by atoms with Crippen LogP contribution < -0.4 is 16.0 Å². The Bertz CT molecular complexity index is 339. The van der Waals surface area contributed by atoms with Crippen LogP contribution in [0.2, 0.25) is 0 Å². The minimum Gasteiger partial charge on any atom is -0.480 e. The van der Waals surface area contributed by atoms with Crippen molar-refractivity contribution in [2.75, 3.05) is 19.6 Å². The van der Waals surface area contributed by atoms with Crippen molar-refractivity contribution in [2.24, 2.45) is 5.92 Å². The Hall–Kier alpha value is -1.30. The number of urea groups is 1. The third-order valence-corrected chi connectivity index (χ3v) is 4.36. The van der Waals surface area contributed by atoms with Crippen molar-refractivity contribution in [2.45, 2.75) is 57.9 Å². The van der Waals surface area contributed by atoms with Crippen LogP contribution in [-0.2, 0) is 4.79 Å². The van der Waals surface area contributed by atoms with Crippen molar-refractivity contribution in [1.82, 2.24) is 16.0 Å². The summed E-state index contributed by atoms with van der Waals surface area (Å²) in [6.45, 7) is 6.46. The Labute approximate surface area is 127 Å². The Morgan fingerprint density at radius 1 is 1.19 bits per heavy atom. The van der Waals surface area contributed by atoms with Gasteiger partial charge in [0.2, 0.25) is 0 Å². The van der Waals surface area contributed by atoms with Crippen molar-refractivity contribution in [3.8, 4) is 0 Å². The van der Waals surface area contributed by atoms with Gasteiger partial charge in [0.25, 0.3) is 0 Å². The number of nitrogens with one attached hydrogen (secondary N) is 3. The summed E-state index contributed by atoms with van der Waals surface area (Å²) in [5.74, 6) is -0.331. The predicted octanol–water partition coefficient (Wildman–Crippen LogP) is 1.71. The maximum Gasteiger partial charge on any atom is 0.329 e. The third kappa shape index (κ3) is 5.53. The van der Waals surface area contributed by atoms with E-state index in [0.717, 1.165) is 38.8 Å². The lowest BCUT2D eigenvalue weighted by atomic mass is 9.75. The highest BCUT2D eigenvalue weighted by molar-refractivity contribution is 5.86. The number of carbonyl (C=O) groups excluding carboxylic acids is 1. The summed E-state index contributed by atoms with van der Waals surface area (Å²) in [5.41, 5.74) is -1.09. The predicted molar refractivity (Wildman–Crippen MR) is 82.3 cm³/mol. The summed E-state index contributed by atoms with van der Waals surface area (Å²) in [4.78, 5) is 23.5. The molecule has 0 heterocycles. The molecular weight excluding hydrogens is 270 g/mol. The van der Waals surface area contributed by atoms with Gasteiger partial charge in [0.05, 0.1) is 0 Å². The van der Waals surface area contributed by atoms with E-state index in [1.54, 1.807) is 0 Å². The Balaban J connectivity index is 2.40. The van der Waals surface area contributed by atoms with Gasteiger partial charge in [0.15, 0.2) is 0 Å². The molecule has 0 aromatic carbocycles. The Morgan fingerprint density at radius 2 is 1.86 bits per heavy atom. The van der Waals surface area contributed by atoms with Gasteiger partial charge in [0.1, 0.15) is 5.54 Å². The summed E-state index contributed by atoms with van der Waals surface area (Å²) in [7, 11) is 0. The first kappa shape index (κ1) is 17.8. The van der Waals surface area contributed by atoms with Crippen LogP contribution >= 0.6 is 0 Å². The summed E-state index contributed by atoms with van der Waals surface area (Å²) < 4.78 is 0. The van der Waals surface area contributed by atoms with Crippen LogP contribution in [0, 0.1) is 5.92 Å². The molecule has 6 heteroatoms. The van der Waals surface area contributed by atoms with Crippen LogP contribution in [-0.4, -0.2) is 42.3 Å². The minimum atomic E-state index is -1.09. The third-order valence-electron chi connectivity index (χ3n) is 4.36. The highest BCUT2D eigenvalue weighted by Crippen LogP contribution is 2.33. The largest absolute Gasteiger partial charge is 0.480 e. The molecule has 0 bridgehead atoms. The lowest BCUT2D eigenvalue weighted by molar-refractivity contribution is -0.146. The molecular formula is C15H29N3O3. The molecule has 1 fully saturated rings. The second kappa shape index (κ2) is 8.87. The van der Waals surface area contributed by atoms with Crippen LogP contribution in [0.3, 0.4) is 0 Å². The molecule has 21 heavy (non-hydrogen) atoms. The van der Waals surface area contributed by atoms with Gasteiger partial charge >= 0.3 is 12.0 Å². The van der Waals surface area contributed by atoms with Gasteiger partial charge in [-0.25, -0.2) is 9.59 Å². The van der Waals surface area contributed by atoms with Gasteiger partial charge < -0.3 is 21.1 Å². The minimum absolute atomic E-state index is 0.371. The molecule has 122 valence electrons. The smallest absolute Gasteiger partial charge is 0.329 e. The number of carboxylic acids is 1. The number of carbonyl (C=O) groups is 2. The zero-order chi connectivity index (χ0) is 15.7. The van der Waals surface area contributed by atoms with Gasteiger partial charge in [0, 0.05) is 6.54 Å². The van der Waals surface area contributed by atoms with Crippen LogP contribution in [0.25, 0.3) is 0 Å². The van der Waals surface area contributed by atoms with Crippen molar-refractivity contribution in [3.05, 3.63) is 0 Å². The lowest BCUT2D eigenvalue weighted by Gasteiger charge is -2.37. The second-order valence-corrected chi connectivity index (χ2v) is 5.83. The molecule has 0 radical (unpaired) electrons. The molecule has 0 aromatic rings. The summed E-state index contributed by atoms with van der Waals surface area (Å²) in [6, 6.07) is -0.371. The van der Waals surface area contributed by atoms with Gasteiger partial charge in [-0.2, -0.15) is 0 Å². The van der Waals surface area contributed by atoms with Crippen molar-refractivity contribution >= 4 is 12.0 Å². The van der Waals surface area contributed by atoms with Gasteiger partial charge in [-0.3, -0.25) is 0 Å². The molecule has 1 rings (SSSR count). The lowest BCUT2D eigenvalue weighted by Crippen LogP contribution is -2.58. The number of carboxylic acid groups (broad SMARTS) is 1. The van der Waals surface area contributed by atoms with E-state index in [4.69, 9.17) is 0 Å². The molecule has 2 amide bonds. The van der Waals surface area contributed by atoms with E-state index in [9.17, 15) is 14.7 Å². The SMILES string of the molecule is CCNCCCNC(=O)NC1(C(=O)O)CCC(CC)CC1. The maximum atomic E-state index is 11.9. The zero-order valence-corrected chi connectivity index (χ0v) is 13.2. The molecule has 4 N–H and O–H groups in total. The maximum absolute atomic E-state index is 11.9. The van der Waals surface area contributed by atoms with Crippen molar-refractivity contribution in [1.29, 1.82) is 0 Å². The number of hydrogen-bond donors (Lipinski definition) is 4. The van der Waals surface area contributed by atoms with Crippen LogP contribution in [0.5, 0.6) is 0 Å². The number of hydrogen-bond acceptors (Lipinski definition) is 3. The fourth-order valence-electron chi connectivity index (χ4n) is 2.82. The van der Waals surface area contributed by atoms with Gasteiger partial charge in [-0.1, -0.05) is 20.3 Å². The summed E-state index contributed by atoms with van der Waals surface area (Å²) >= 11 is 0. The van der Waals surface area contributed by atoms with E-state index in [0.29, 0.717) is 25.3 Å². The molecule has 1 aliphatic carbocycles. The molecule has 0 spiro atoms. The van der Waals surface area contributed by atoms with E-state index in [1.165, 1.54) is 0 Å². The van der Waals surface area contributed by atoms with Crippen LogP contribution in [0.15, 0.2) is 0 Å². The average molecular weight is 299 g/mol. The molecule has 1 saturated carbocycles. The van der Waals surface area contributed by atoms with E-state index in [2.05, 4.69) is 22.9 Å². The molecule has 0 aliphatic heterocycles.